The summed E-state index contributed by atoms with van der Waals surface area (Å²) >= 11 is 3.58. The first-order chi connectivity index (χ1) is 15.9. The molecular weight excluding hydrogens is 526 g/mol. The lowest BCUT2D eigenvalue weighted by Crippen LogP contribution is -2.45. The summed E-state index contributed by atoms with van der Waals surface area (Å²) in [6, 6.07) is 9.31. The lowest BCUT2D eigenvalue weighted by molar-refractivity contribution is 0.100. The Labute approximate surface area is 214 Å². The smallest absolute Gasteiger partial charge is 0.280 e. The Morgan fingerprint density at radius 2 is 1.50 bits per heavy atom. The number of amides is 1. The molecule has 11 heteroatoms. The normalized spacial score (nSPS) is 14.1. The molecule has 0 radical (unpaired) electrons. The van der Waals surface area contributed by atoms with Crippen LogP contribution in [0.3, 0.4) is 0 Å². The van der Waals surface area contributed by atoms with Gasteiger partial charge in [-0.05, 0) is 29.8 Å². The monoisotopic (exact) mass is 555 g/mol. The first-order valence-corrected chi connectivity index (χ1v) is 11.3. The van der Waals surface area contributed by atoms with Crippen molar-refractivity contribution in [1.29, 1.82) is 0 Å². The Morgan fingerprint density at radius 3 is 2.03 bits per heavy atom. The van der Waals surface area contributed by atoms with Gasteiger partial charge >= 0.3 is 0 Å². The second-order valence-corrected chi connectivity index (χ2v) is 8.55. The van der Waals surface area contributed by atoms with Crippen LogP contribution in [-0.4, -0.2) is 69.2 Å². The number of ether oxygens (including phenoxy) is 3. The molecule has 34 heavy (non-hydrogen) atoms. The summed E-state index contributed by atoms with van der Waals surface area (Å²) in [6.07, 6.45) is 0. The fourth-order valence-electron chi connectivity index (χ4n) is 3.89. The number of hydrogen-bond acceptors (Lipinski definition) is 6. The van der Waals surface area contributed by atoms with Crippen LogP contribution in [0.15, 0.2) is 39.8 Å². The third-order valence-electron chi connectivity index (χ3n) is 5.56. The number of halogens is 2. The maximum Gasteiger partial charge on any atom is 0.280 e. The second-order valence-electron chi connectivity index (χ2n) is 7.69. The minimum atomic E-state index is -0.447. The zero-order chi connectivity index (χ0) is 24.0. The molecule has 4 N–H and O–H groups in total. The van der Waals surface area contributed by atoms with Gasteiger partial charge in [-0.1, -0.05) is 22.0 Å². The quantitative estimate of drug-likeness (QED) is 0.377. The minimum absolute atomic E-state index is 0. The van der Waals surface area contributed by atoms with E-state index in [1.807, 2.05) is 24.3 Å². The van der Waals surface area contributed by atoms with Crippen LogP contribution in [0, 0.1) is 0 Å². The van der Waals surface area contributed by atoms with Crippen molar-refractivity contribution in [2.75, 3.05) is 47.5 Å². The van der Waals surface area contributed by atoms with Crippen LogP contribution >= 0.6 is 28.3 Å². The third kappa shape index (κ3) is 6.75. The maximum atomic E-state index is 12.2. The molecular formula is C23H31BrClN5O4. The van der Waals surface area contributed by atoms with Crippen molar-refractivity contribution in [3.05, 3.63) is 51.5 Å². The van der Waals surface area contributed by atoms with E-state index in [4.69, 9.17) is 25.7 Å². The van der Waals surface area contributed by atoms with Gasteiger partial charge in [-0.25, -0.2) is 0 Å². The molecule has 1 aliphatic heterocycles. The van der Waals surface area contributed by atoms with E-state index in [1.54, 1.807) is 27.4 Å². The lowest BCUT2D eigenvalue weighted by Gasteiger charge is -2.35. The largest absolute Gasteiger partial charge is 0.493 e. The molecule has 0 aromatic heterocycles. The number of methoxy groups -OCH3 is 3. The Hall–Kier alpha value is -2.53. The van der Waals surface area contributed by atoms with Gasteiger partial charge in [0.25, 0.3) is 5.91 Å². The Bertz CT molecular complexity index is 1020. The molecule has 1 heterocycles. The van der Waals surface area contributed by atoms with E-state index >= 15 is 0 Å². The molecule has 1 amide bonds. The lowest BCUT2D eigenvalue weighted by atomic mass is 10.1. The van der Waals surface area contributed by atoms with Crippen LogP contribution in [0.4, 0.5) is 0 Å². The van der Waals surface area contributed by atoms with E-state index in [9.17, 15) is 4.79 Å². The number of guanidine groups is 1. The molecule has 0 aliphatic carbocycles. The highest BCUT2D eigenvalue weighted by atomic mass is 79.9. The molecule has 1 aliphatic rings. The van der Waals surface area contributed by atoms with Gasteiger partial charge in [0, 0.05) is 54.9 Å². The van der Waals surface area contributed by atoms with Crippen molar-refractivity contribution in [2.45, 2.75) is 13.1 Å². The summed E-state index contributed by atoms with van der Waals surface area (Å²) in [5.41, 5.74) is 13.2. The second kappa shape index (κ2) is 12.8. The Kier molecular flexibility index (Phi) is 10.4. The molecule has 0 saturated carbocycles. The molecule has 1 saturated heterocycles. The van der Waals surface area contributed by atoms with Crippen molar-refractivity contribution in [2.24, 2.45) is 16.5 Å². The molecule has 2 aromatic rings. The van der Waals surface area contributed by atoms with Crippen molar-refractivity contribution < 1.29 is 19.0 Å². The predicted molar refractivity (Wildman–Crippen MR) is 138 cm³/mol. The van der Waals surface area contributed by atoms with Crippen molar-refractivity contribution in [3.8, 4) is 17.2 Å². The number of nitrogens with zero attached hydrogens (tertiary/aromatic N) is 3. The maximum absolute atomic E-state index is 12.2. The van der Waals surface area contributed by atoms with E-state index in [2.05, 4.69) is 30.7 Å². The number of carbonyl (C=O) groups excluding carboxylic acids is 1. The van der Waals surface area contributed by atoms with E-state index in [-0.39, 0.29) is 18.4 Å². The number of nitrogens with two attached hydrogens (primary N) is 2. The zero-order valence-electron chi connectivity index (χ0n) is 19.5. The predicted octanol–water partition coefficient (Wildman–Crippen LogP) is 2.63. The number of aliphatic imine (C=N–C) groups is 1. The highest BCUT2D eigenvalue weighted by Gasteiger charge is 2.22. The number of hydrogen-bond donors (Lipinski definition) is 2. The SMILES string of the molecule is COc1ccc(CN2CCN(Cc3cc(C(=O)N=C(N)N)ccc3Br)CC2)c(OC)c1OC.Cl. The van der Waals surface area contributed by atoms with Gasteiger partial charge in [0.15, 0.2) is 17.5 Å². The number of benzene rings is 2. The fraction of sp³-hybridized carbons (Fsp3) is 0.391. The number of carbonyl (C=O) groups is 1. The van der Waals surface area contributed by atoms with E-state index in [0.29, 0.717) is 22.8 Å². The summed E-state index contributed by atoms with van der Waals surface area (Å²) in [5, 5.41) is 0. The van der Waals surface area contributed by atoms with Crippen LogP contribution in [-0.2, 0) is 13.1 Å². The molecule has 0 unspecified atom stereocenters. The van der Waals surface area contributed by atoms with Crippen LogP contribution in [0.25, 0.3) is 0 Å². The van der Waals surface area contributed by atoms with Crippen LogP contribution in [0.5, 0.6) is 17.2 Å². The fourth-order valence-corrected chi connectivity index (χ4v) is 4.26. The summed E-state index contributed by atoms with van der Waals surface area (Å²) in [4.78, 5) is 20.5. The van der Waals surface area contributed by atoms with Gasteiger partial charge in [-0.15, -0.1) is 12.4 Å². The molecule has 1 fully saturated rings. The Morgan fingerprint density at radius 1 is 0.912 bits per heavy atom. The molecule has 2 aromatic carbocycles. The summed E-state index contributed by atoms with van der Waals surface area (Å²) in [6.45, 7) is 5.08. The Balaban J connectivity index is 0.00000408. The van der Waals surface area contributed by atoms with Crippen LogP contribution in [0.2, 0.25) is 0 Å². The topological polar surface area (TPSA) is 116 Å². The van der Waals surface area contributed by atoms with Gasteiger partial charge in [0.2, 0.25) is 5.75 Å². The van der Waals surface area contributed by atoms with Crippen LogP contribution in [0.1, 0.15) is 21.5 Å². The standard InChI is InChI=1S/C23H30BrN5O4.ClH/c1-31-19-7-5-16(20(32-2)21(19)33-3)13-28-8-10-29(11-9-28)14-17-12-15(4-6-18(17)24)22(30)27-23(25)26;/h4-7,12H,8-11,13-14H2,1-3H3,(H4,25,26,27,30);1H. The van der Waals surface area contributed by atoms with Gasteiger partial charge < -0.3 is 25.7 Å². The van der Waals surface area contributed by atoms with E-state index in [0.717, 1.165) is 54.9 Å². The molecule has 186 valence electrons. The van der Waals surface area contributed by atoms with Crippen molar-refractivity contribution >= 4 is 40.2 Å². The van der Waals surface area contributed by atoms with Gasteiger partial charge in [0.1, 0.15) is 0 Å². The van der Waals surface area contributed by atoms with Gasteiger partial charge in [0.05, 0.1) is 21.3 Å². The average Bonchev–Trinajstić information content (AvgIpc) is 2.80. The van der Waals surface area contributed by atoms with E-state index in [1.165, 1.54) is 0 Å². The molecule has 9 nitrogen and oxygen atoms in total. The number of rotatable bonds is 8. The third-order valence-corrected chi connectivity index (χ3v) is 6.34. The zero-order valence-corrected chi connectivity index (χ0v) is 21.9. The van der Waals surface area contributed by atoms with Gasteiger partial charge in [-0.2, -0.15) is 4.99 Å². The number of piperazine rings is 1. The molecule has 0 atom stereocenters. The molecule has 3 rings (SSSR count). The van der Waals surface area contributed by atoms with Gasteiger partial charge in [-0.3, -0.25) is 14.6 Å². The summed E-state index contributed by atoms with van der Waals surface area (Å²) < 4.78 is 17.4. The molecule has 0 spiro atoms. The average molecular weight is 557 g/mol. The highest BCUT2D eigenvalue weighted by Crippen LogP contribution is 2.40. The van der Waals surface area contributed by atoms with Crippen molar-refractivity contribution in [1.82, 2.24) is 9.80 Å². The summed E-state index contributed by atoms with van der Waals surface area (Å²) in [5.74, 6) is 1.26. The first-order valence-electron chi connectivity index (χ1n) is 10.5. The highest BCUT2D eigenvalue weighted by molar-refractivity contribution is 9.10. The minimum Gasteiger partial charge on any atom is -0.493 e. The first kappa shape index (κ1) is 27.7. The molecule has 0 bridgehead atoms. The summed E-state index contributed by atoms with van der Waals surface area (Å²) in [7, 11) is 4.87. The van der Waals surface area contributed by atoms with Crippen molar-refractivity contribution in [3.63, 3.8) is 0 Å². The van der Waals surface area contributed by atoms with E-state index < -0.39 is 5.91 Å². The van der Waals surface area contributed by atoms with Crippen LogP contribution < -0.4 is 25.7 Å².